The number of halogens is 2. The fourth-order valence-corrected chi connectivity index (χ4v) is 2.46. The molecule has 106 valence electrons. The van der Waals surface area contributed by atoms with E-state index in [0.717, 1.165) is 15.8 Å². The van der Waals surface area contributed by atoms with Crippen molar-refractivity contribution >= 4 is 44.6 Å². The van der Waals surface area contributed by atoms with E-state index in [0.29, 0.717) is 22.2 Å². The van der Waals surface area contributed by atoms with Crippen LogP contribution in [0.3, 0.4) is 0 Å². The molecule has 0 aliphatic carbocycles. The normalized spacial score (nSPS) is 10.2. The highest BCUT2D eigenvalue weighted by atomic mass is 79.9. The van der Waals surface area contributed by atoms with E-state index in [1.54, 1.807) is 26.4 Å². The van der Waals surface area contributed by atoms with E-state index in [4.69, 9.17) is 26.8 Å². The number of anilines is 3. The van der Waals surface area contributed by atoms with Crippen molar-refractivity contribution in [3.63, 3.8) is 0 Å². The van der Waals surface area contributed by atoms with Crippen LogP contribution < -0.4 is 20.5 Å². The van der Waals surface area contributed by atoms with Crippen molar-refractivity contribution in [3.8, 4) is 11.5 Å². The Hall–Kier alpha value is -1.59. The van der Waals surface area contributed by atoms with Gasteiger partial charge in [0.1, 0.15) is 11.5 Å². The fourth-order valence-electron chi connectivity index (χ4n) is 1.74. The molecule has 20 heavy (non-hydrogen) atoms. The van der Waals surface area contributed by atoms with Crippen LogP contribution in [0.15, 0.2) is 34.8 Å². The van der Waals surface area contributed by atoms with Gasteiger partial charge in [-0.2, -0.15) is 0 Å². The number of methoxy groups -OCH3 is 2. The Morgan fingerprint density at radius 2 is 1.75 bits per heavy atom. The molecule has 0 atom stereocenters. The van der Waals surface area contributed by atoms with Crippen LogP contribution in [0.4, 0.5) is 17.1 Å². The van der Waals surface area contributed by atoms with Crippen LogP contribution in [0.2, 0.25) is 5.02 Å². The zero-order valence-corrected chi connectivity index (χ0v) is 13.4. The molecule has 6 heteroatoms. The lowest BCUT2D eigenvalue weighted by molar-refractivity contribution is 0.405. The molecule has 0 fully saturated rings. The van der Waals surface area contributed by atoms with Gasteiger partial charge < -0.3 is 20.5 Å². The highest BCUT2D eigenvalue weighted by molar-refractivity contribution is 9.10. The van der Waals surface area contributed by atoms with Crippen LogP contribution in [0.25, 0.3) is 0 Å². The Kier molecular flexibility index (Phi) is 4.62. The molecule has 0 saturated heterocycles. The molecule has 0 amide bonds. The van der Waals surface area contributed by atoms with Gasteiger partial charge >= 0.3 is 0 Å². The Morgan fingerprint density at radius 1 is 1.05 bits per heavy atom. The van der Waals surface area contributed by atoms with Crippen molar-refractivity contribution in [2.24, 2.45) is 0 Å². The highest BCUT2D eigenvalue weighted by Gasteiger charge is 2.11. The molecule has 0 bridgehead atoms. The monoisotopic (exact) mass is 356 g/mol. The number of nitrogen functional groups attached to an aromatic ring is 1. The molecule has 3 N–H and O–H groups in total. The predicted molar refractivity (Wildman–Crippen MR) is 86.4 cm³/mol. The third kappa shape index (κ3) is 3.11. The van der Waals surface area contributed by atoms with Crippen molar-refractivity contribution < 1.29 is 9.47 Å². The smallest absolute Gasteiger partial charge is 0.144 e. The Bertz CT molecular complexity index is 635. The molecular formula is C14H14BrClN2O2. The molecule has 2 rings (SSSR count). The lowest BCUT2D eigenvalue weighted by atomic mass is 10.2. The van der Waals surface area contributed by atoms with Crippen molar-refractivity contribution in [2.45, 2.75) is 0 Å². The van der Waals surface area contributed by atoms with Gasteiger partial charge in [-0.1, -0.05) is 11.6 Å². The first-order chi connectivity index (χ1) is 9.55. The second-order valence-electron chi connectivity index (χ2n) is 4.05. The molecule has 0 aromatic heterocycles. The van der Waals surface area contributed by atoms with Gasteiger partial charge in [-0.3, -0.25) is 0 Å². The Balaban J connectivity index is 2.41. The topological polar surface area (TPSA) is 56.5 Å². The number of nitrogens with one attached hydrogen (secondary N) is 1. The number of nitrogens with two attached hydrogens (primary N) is 1. The Labute approximate surface area is 131 Å². The minimum atomic E-state index is 0.492. The number of benzene rings is 2. The van der Waals surface area contributed by atoms with E-state index < -0.39 is 0 Å². The molecule has 2 aromatic carbocycles. The standard InChI is InChI=1S/C14H14BrClN2O2/c1-19-13-7-12(14(20-2)6-10(13)16)18-11-4-3-8(17)5-9(11)15/h3-7,18H,17H2,1-2H3. The van der Waals surface area contributed by atoms with E-state index in [2.05, 4.69) is 21.2 Å². The predicted octanol–water partition coefficient (Wildman–Crippen LogP) is 4.45. The second kappa shape index (κ2) is 6.24. The van der Waals surface area contributed by atoms with E-state index in [-0.39, 0.29) is 0 Å². The van der Waals surface area contributed by atoms with Crippen molar-refractivity contribution in [3.05, 3.63) is 39.8 Å². The summed E-state index contributed by atoms with van der Waals surface area (Å²) in [7, 11) is 3.15. The van der Waals surface area contributed by atoms with Crippen LogP contribution in [0, 0.1) is 0 Å². The van der Waals surface area contributed by atoms with Crippen LogP contribution in [-0.4, -0.2) is 14.2 Å². The molecule has 0 aliphatic heterocycles. The molecule has 0 aliphatic rings. The summed E-state index contributed by atoms with van der Waals surface area (Å²) in [4.78, 5) is 0. The summed E-state index contributed by atoms with van der Waals surface area (Å²) < 4.78 is 11.4. The first-order valence-electron chi connectivity index (χ1n) is 5.78. The summed E-state index contributed by atoms with van der Waals surface area (Å²) in [6.07, 6.45) is 0. The Morgan fingerprint density at radius 3 is 2.35 bits per heavy atom. The van der Waals surface area contributed by atoms with Crippen molar-refractivity contribution in [2.75, 3.05) is 25.3 Å². The third-order valence-corrected chi connectivity index (χ3v) is 3.69. The van der Waals surface area contributed by atoms with Gasteiger partial charge in [0.25, 0.3) is 0 Å². The van der Waals surface area contributed by atoms with E-state index >= 15 is 0 Å². The van der Waals surface area contributed by atoms with Crippen LogP contribution in [0.1, 0.15) is 0 Å². The first-order valence-corrected chi connectivity index (χ1v) is 6.96. The first kappa shape index (κ1) is 14.8. The maximum atomic E-state index is 6.08. The average molecular weight is 358 g/mol. The maximum absolute atomic E-state index is 6.08. The van der Waals surface area contributed by atoms with Gasteiger partial charge in [0.2, 0.25) is 0 Å². The van der Waals surface area contributed by atoms with Crippen molar-refractivity contribution in [1.29, 1.82) is 0 Å². The van der Waals surface area contributed by atoms with Gasteiger partial charge in [0.15, 0.2) is 0 Å². The highest BCUT2D eigenvalue weighted by Crippen LogP contribution is 2.38. The summed E-state index contributed by atoms with van der Waals surface area (Å²) in [5.74, 6) is 1.20. The number of ether oxygens (including phenoxy) is 2. The number of hydrogen-bond acceptors (Lipinski definition) is 4. The number of rotatable bonds is 4. The summed E-state index contributed by atoms with van der Waals surface area (Å²) in [6, 6.07) is 8.99. The lowest BCUT2D eigenvalue weighted by Gasteiger charge is -2.15. The molecule has 2 aromatic rings. The zero-order valence-electron chi connectivity index (χ0n) is 11.0. The molecular weight excluding hydrogens is 344 g/mol. The zero-order chi connectivity index (χ0) is 14.7. The molecule has 0 radical (unpaired) electrons. The van der Waals surface area contributed by atoms with Crippen LogP contribution in [0.5, 0.6) is 11.5 Å². The van der Waals surface area contributed by atoms with Crippen LogP contribution in [-0.2, 0) is 0 Å². The van der Waals surface area contributed by atoms with Gasteiger partial charge in [-0.25, -0.2) is 0 Å². The number of hydrogen-bond donors (Lipinski definition) is 2. The molecule has 0 spiro atoms. The summed E-state index contributed by atoms with van der Waals surface area (Å²) in [5.41, 5.74) is 8.02. The summed E-state index contributed by atoms with van der Waals surface area (Å²) in [5, 5.41) is 3.75. The summed E-state index contributed by atoms with van der Waals surface area (Å²) in [6.45, 7) is 0. The van der Waals surface area contributed by atoms with E-state index in [1.165, 1.54) is 0 Å². The quantitative estimate of drug-likeness (QED) is 0.794. The SMILES string of the molecule is COc1cc(Nc2ccc(N)cc2Br)c(OC)cc1Cl. The third-order valence-electron chi connectivity index (χ3n) is 2.74. The van der Waals surface area contributed by atoms with E-state index in [1.807, 2.05) is 18.2 Å². The second-order valence-corrected chi connectivity index (χ2v) is 5.31. The fraction of sp³-hybridized carbons (Fsp3) is 0.143. The van der Waals surface area contributed by atoms with Crippen LogP contribution >= 0.6 is 27.5 Å². The molecule has 0 heterocycles. The van der Waals surface area contributed by atoms with Gasteiger partial charge in [0.05, 0.1) is 30.6 Å². The summed E-state index contributed by atoms with van der Waals surface area (Å²) >= 11 is 9.54. The minimum absolute atomic E-state index is 0.492. The minimum Gasteiger partial charge on any atom is -0.495 e. The lowest BCUT2D eigenvalue weighted by Crippen LogP contribution is -1.97. The largest absolute Gasteiger partial charge is 0.495 e. The average Bonchev–Trinajstić information content (AvgIpc) is 2.43. The maximum Gasteiger partial charge on any atom is 0.144 e. The molecule has 4 nitrogen and oxygen atoms in total. The van der Waals surface area contributed by atoms with Gasteiger partial charge in [-0.05, 0) is 34.1 Å². The van der Waals surface area contributed by atoms with Gasteiger partial charge in [0, 0.05) is 22.3 Å². The van der Waals surface area contributed by atoms with Gasteiger partial charge in [-0.15, -0.1) is 0 Å². The van der Waals surface area contributed by atoms with Crippen molar-refractivity contribution in [1.82, 2.24) is 0 Å². The molecule has 0 unspecified atom stereocenters. The van der Waals surface area contributed by atoms with E-state index in [9.17, 15) is 0 Å². The molecule has 0 saturated carbocycles.